The van der Waals surface area contributed by atoms with E-state index in [9.17, 15) is 14.4 Å². The normalized spacial score (nSPS) is 16.2. The van der Waals surface area contributed by atoms with E-state index in [-0.39, 0.29) is 36.9 Å². The molecule has 3 rings (SSSR count). The molecule has 0 atom stereocenters. The summed E-state index contributed by atoms with van der Waals surface area (Å²) in [6, 6.07) is 5.38. The van der Waals surface area contributed by atoms with Crippen LogP contribution in [-0.4, -0.2) is 68.4 Å². The number of amides is 2. The van der Waals surface area contributed by atoms with Gasteiger partial charge in [0.15, 0.2) is 0 Å². The molecule has 2 amide bonds. The van der Waals surface area contributed by atoms with Crippen molar-refractivity contribution in [3.05, 3.63) is 35.0 Å². The molecule has 0 fully saturated rings. The number of carbonyl (C=O) groups excluding carboxylic acids is 3. The van der Waals surface area contributed by atoms with Crippen molar-refractivity contribution in [2.45, 2.75) is 12.8 Å². The predicted molar refractivity (Wildman–Crippen MR) is 101 cm³/mol. The zero-order valence-electron chi connectivity index (χ0n) is 15.9. The number of anilines is 2. The summed E-state index contributed by atoms with van der Waals surface area (Å²) in [7, 11) is 2.60. The number of aliphatic hydroxyl groups is 1. The predicted octanol–water partition coefficient (Wildman–Crippen LogP) is 0.879. The molecule has 0 aromatic heterocycles. The van der Waals surface area contributed by atoms with Crippen LogP contribution < -0.4 is 10.2 Å². The van der Waals surface area contributed by atoms with Crippen LogP contribution >= 0.6 is 0 Å². The Kier molecular flexibility index (Phi) is 5.84. The summed E-state index contributed by atoms with van der Waals surface area (Å²) in [4.78, 5) is 39.6. The van der Waals surface area contributed by atoms with Gasteiger partial charge in [0.05, 0.1) is 38.6 Å². The summed E-state index contributed by atoms with van der Waals surface area (Å²) >= 11 is 0. The molecular formula is C19H23N3O6. The molecule has 0 unspecified atom stereocenters. The highest BCUT2D eigenvalue weighted by Crippen LogP contribution is 2.31. The Hall–Kier alpha value is -3.07. The lowest BCUT2D eigenvalue weighted by Crippen LogP contribution is -2.35. The summed E-state index contributed by atoms with van der Waals surface area (Å²) in [5, 5.41) is 12.2. The molecule has 0 radical (unpaired) electrons. The fourth-order valence-corrected chi connectivity index (χ4v) is 3.47. The van der Waals surface area contributed by atoms with Crippen LogP contribution in [0.15, 0.2) is 29.5 Å². The first-order chi connectivity index (χ1) is 13.5. The lowest BCUT2D eigenvalue weighted by Gasteiger charge is -2.28. The summed E-state index contributed by atoms with van der Waals surface area (Å²) < 4.78 is 9.61. The number of aryl methyl sites for hydroxylation is 1. The number of hydrogen-bond acceptors (Lipinski definition) is 7. The van der Waals surface area contributed by atoms with Crippen molar-refractivity contribution in [1.82, 2.24) is 4.90 Å². The maximum Gasteiger partial charge on any atom is 0.414 e. The van der Waals surface area contributed by atoms with Crippen molar-refractivity contribution >= 4 is 29.3 Å². The molecule has 2 aliphatic heterocycles. The number of β-amino-alcohol motifs (C(OH)–C–C–N with tert-alkyl or cyclic N) is 1. The van der Waals surface area contributed by atoms with Crippen LogP contribution in [0.1, 0.15) is 12.0 Å². The van der Waals surface area contributed by atoms with Gasteiger partial charge in [-0.1, -0.05) is 0 Å². The number of carbonyl (C=O) groups is 3. The standard InChI is InChI=1S/C19H23N3O6/c1-27-18(25)14-11-21(8-9-23)17(24)16(14)20-13-5-6-15-12(10-13)4-3-7-22(15)19(26)28-2/h5-6,10,20,23H,3-4,7-9,11H2,1-2H3. The average molecular weight is 389 g/mol. The Labute approximate surface area is 162 Å². The van der Waals surface area contributed by atoms with Crippen molar-refractivity contribution in [1.29, 1.82) is 0 Å². The third-order valence-corrected chi connectivity index (χ3v) is 4.82. The first-order valence-electron chi connectivity index (χ1n) is 8.97. The van der Waals surface area contributed by atoms with Gasteiger partial charge in [0.1, 0.15) is 5.70 Å². The third-order valence-electron chi connectivity index (χ3n) is 4.82. The minimum Gasteiger partial charge on any atom is -0.466 e. The zero-order chi connectivity index (χ0) is 20.3. The third kappa shape index (κ3) is 3.65. The van der Waals surface area contributed by atoms with Gasteiger partial charge in [-0.25, -0.2) is 9.59 Å². The van der Waals surface area contributed by atoms with Crippen LogP contribution in [-0.2, 0) is 25.5 Å². The van der Waals surface area contributed by atoms with Gasteiger partial charge < -0.3 is 24.8 Å². The highest BCUT2D eigenvalue weighted by molar-refractivity contribution is 6.08. The van der Waals surface area contributed by atoms with Crippen LogP contribution in [0, 0.1) is 0 Å². The molecule has 150 valence electrons. The molecule has 28 heavy (non-hydrogen) atoms. The van der Waals surface area contributed by atoms with Crippen LogP contribution in [0.2, 0.25) is 0 Å². The van der Waals surface area contributed by atoms with Crippen LogP contribution in [0.5, 0.6) is 0 Å². The Morgan fingerprint density at radius 3 is 2.71 bits per heavy atom. The van der Waals surface area contributed by atoms with Crippen LogP contribution in [0.4, 0.5) is 16.2 Å². The smallest absolute Gasteiger partial charge is 0.414 e. The Balaban J connectivity index is 1.89. The number of methoxy groups -OCH3 is 2. The second-order valence-electron chi connectivity index (χ2n) is 6.49. The molecule has 2 heterocycles. The number of hydrogen-bond donors (Lipinski definition) is 2. The summed E-state index contributed by atoms with van der Waals surface area (Å²) in [5.41, 5.74) is 2.70. The highest BCUT2D eigenvalue weighted by Gasteiger charge is 2.34. The molecule has 9 nitrogen and oxygen atoms in total. The second kappa shape index (κ2) is 8.30. The first-order valence-corrected chi connectivity index (χ1v) is 8.97. The van der Waals surface area contributed by atoms with E-state index in [1.807, 2.05) is 6.07 Å². The quantitative estimate of drug-likeness (QED) is 0.720. The largest absolute Gasteiger partial charge is 0.466 e. The van der Waals surface area contributed by atoms with Crippen LogP contribution in [0.25, 0.3) is 0 Å². The number of aliphatic hydroxyl groups excluding tert-OH is 1. The second-order valence-corrected chi connectivity index (χ2v) is 6.49. The number of fused-ring (bicyclic) bond motifs is 1. The highest BCUT2D eigenvalue weighted by atomic mass is 16.5. The lowest BCUT2D eigenvalue weighted by atomic mass is 10.0. The van der Waals surface area contributed by atoms with E-state index < -0.39 is 12.1 Å². The minimum atomic E-state index is -0.592. The zero-order valence-corrected chi connectivity index (χ0v) is 15.9. The van der Waals surface area contributed by atoms with E-state index in [4.69, 9.17) is 14.6 Å². The van der Waals surface area contributed by atoms with E-state index in [2.05, 4.69) is 5.32 Å². The van der Waals surface area contributed by atoms with Crippen molar-refractivity contribution in [3.8, 4) is 0 Å². The van der Waals surface area contributed by atoms with Gasteiger partial charge in [0, 0.05) is 18.8 Å². The van der Waals surface area contributed by atoms with E-state index in [0.29, 0.717) is 12.2 Å². The van der Waals surface area contributed by atoms with Gasteiger partial charge in [-0.05, 0) is 36.6 Å². The Morgan fingerprint density at radius 2 is 2.04 bits per heavy atom. The van der Waals surface area contributed by atoms with E-state index in [1.165, 1.54) is 19.1 Å². The number of benzene rings is 1. The lowest BCUT2D eigenvalue weighted by molar-refractivity contribution is -0.136. The number of rotatable bonds is 5. The summed E-state index contributed by atoms with van der Waals surface area (Å²) in [5.74, 6) is -0.963. The fraction of sp³-hybridized carbons (Fsp3) is 0.421. The molecule has 2 N–H and O–H groups in total. The summed E-state index contributed by atoms with van der Waals surface area (Å²) in [6.07, 6.45) is 1.17. The van der Waals surface area contributed by atoms with Crippen molar-refractivity contribution in [2.75, 3.05) is 50.7 Å². The van der Waals surface area contributed by atoms with E-state index in [0.717, 1.165) is 24.1 Å². The molecule has 9 heteroatoms. The maximum atomic E-state index is 12.6. The molecule has 0 spiro atoms. The monoisotopic (exact) mass is 389 g/mol. The van der Waals surface area contributed by atoms with E-state index in [1.54, 1.807) is 17.0 Å². The molecule has 2 aliphatic rings. The molecular weight excluding hydrogens is 366 g/mol. The maximum absolute atomic E-state index is 12.6. The average Bonchev–Trinajstić information content (AvgIpc) is 3.02. The number of nitrogens with one attached hydrogen (secondary N) is 1. The molecule has 1 aromatic rings. The number of esters is 1. The van der Waals surface area contributed by atoms with Gasteiger partial charge in [0.2, 0.25) is 0 Å². The molecule has 0 saturated carbocycles. The Bertz CT molecular complexity index is 835. The van der Waals surface area contributed by atoms with Gasteiger partial charge in [-0.15, -0.1) is 0 Å². The molecule has 1 aromatic carbocycles. The molecule has 0 saturated heterocycles. The molecule has 0 bridgehead atoms. The molecule has 0 aliphatic carbocycles. The van der Waals surface area contributed by atoms with Gasteiger partial charge >= 0.3 is 12.1 Å². The van der Waals surface area contributed by atoms with Crippen molar-refractivity contribution in [2.24, 2.45) is 0 Å². The topological polar surface area (TPSA) is 108 Å². The van der Waals surface area contributed by atoms with Gasteiger partial charge in [0.25, 0.3) is 5.91 Å². The number of ether oxygens (including phenoxy) is 2. The van der Waals surface area contributed by atoms with Gasteiger partial charge in [-0.3, -0.25) is 9.69 Å². The fourth-order valence-electron chi connectivity index (χ4n) is 3.47. The van der Waals surface area contributed by atoms with Crippen molar-refractivity contribution in [3.63, 3.8) is 0 Å². The van der Waals surface area contributed by atoms with Gasteiger partial charge in [-0.2, -0.15) is 0 Å². The SMILES string of the molecule is COC(=O)C1=C(Nc2ccc3c(c2)CCCN3C(=O)OC)C(=O)N(CCO)C1. The van der Waals surface area contributed by atoms with E-state index >= 15 is 0 Å². The summed E-state index contributed by atoms with van der Waals surface area (Å²) in [6.45, 7) is 0.590. The minimum absolute atomic E-state index is 0.0788. The Morgan fingerprint density at radius 1 is 1.25 bits per heavy atom. The van der Waals surface area contributed by atoms with Crippen molar-refractivity contribution < 1.29 is 29.0 Å². The van der Waals surface area contributed by atoms with Crippen LogP contribution in [0.3, 0.4) is 0 Å². The first kappa shape index (κ1) is 19.7. The number of nitrogens with zero attached hydrogens (tertiary/aromatic N) is 2.